The van der Waals surface area contributed by atoms with Crippen LogP contribution in [0.3, 0.4) is 0 Å². The van der Waals surface area contributed by atoms with Crippen LogP contribution in [0, 0.1) is 5.92 Å². The highest BCUT2D eigenvalue weighted by atomic mass is 19.4. The Kier molecular flexibility index (Phi) is 5.58. The minimum Gasteiger partial charge on any atom is -0.342 e. The van der Waals surface area contributed by atoms with E-state index >= 15 is 0 Å². The molecule has 1 aliphatic rings. The van der Waals surface area contributed by atoms with Crippen molar-refractivity contribution in [3.63, 3.8) is 0 Å². The molecule has 3 atom stereocenters. The second-order valence-corrected chi connectivity index (χ2v) is 7.61. The van der Waals surface area contributed by atoms with Gasteiger partial charge in [0.25, 0.3) is 11.9 Å². The lowest BCUT2D eigenvalue weighted by Gasteiger charge is -2.16. The minimum absolute atomic E-state index is 0.166. The van der Waals surface area contributed by atoms with Crippen molar-refractivity contribution in [2.45, 2.75) is 37.7 Å². The number of rotatable bonds is 5. The molecule has 1 amide bonds. The Morgan fingerprint density at radius 1 is 1.09 bits per heavy atom. The fourth-order valence-corrected chi connectivity index (χ4v) is 3.53. The first-order chi connectivity index (χ1) is 15.4. The number of carbonyl (C=O) groups excluding carboxylic acids is 1. The summed E-state index contributed by atoms with van der Waals surface area (Å²) in [5, 5.41) is 6.49. The van der Waals surface area contributed by atoms with E-state index in [1.54, 1.807) is 6.07 Å². The highest BCUT2D eigenvalue weighted by Gasteiger charge is 2.56. The Hall–Kier alpha value is -3.51. The first-order valence-electron chi connectivity index (χ1n) is 9.72. The molecule has 1 N–H and O–H groups in total. The lowest BCUT2D eigenvalue weighted by Crippen LogP contribution is -2.29. The predicted octanol–water partition coefficient (Wildman–Crippen LogP) is 4.23. The molecule has 1 fully saturated rings. The fraction of sp³-hybridized carbons (Fsp3) is 0.350. The van der Waals surface area contributed by atoms with Gasteiger partial charge in [0.2, 0.25) is 0 Å². The first kappa shape index (κ1) is 22.7. The second-order valence-electron chi connectivity index (χ2n) is 7.61. The summed E-state index contributed by atoms with van der Waals surface area (Å²) in [6.07, 6.45) is -5.53. The van der Waals surface area contributed by atoms with Crippen LogP contribution < -0.4 is 5.32 Å². The molecule has 0 radical (unpaired) electrons. The molecule has 1 aliphatic carbocycles. The smallest absolute Gasteiger partial charge is 0.342 e. The number of hydrogen-bond donors (Lipinski definition) is 1. The number of benzene rings is 1. The third-order valence-corrected chi connectivity index (χ3v) is 5.23. The lowest BCUT2D eigenvalue weighted by atomic mass is 10.0. The van der Waals surface area contributed by atoms with Crippen LogP contribution in [0.5, 0.6) is 0 Å². The Morgan fingerprint density at radius 3 is 2.39 bits per heavy atom. The van der Waals surface area contributed by atoms with E-state index < -0.39 is 47.3 Å². The monoisotopic (exact) mass is 470 g/mol. The molecule has 33 heavy (non-hydrogen) atoms. The topological polar surface area (TPSA) is 85.6 Å². The van der Waals surface area contributed by atoms with Crippen LogP contribution in [0.15, 0.2) is 43.0 Å². The zero-order chi connectivity index (χ0) is 24.0. The molecule has 3 unspecified atom stereocenters. The van der Waals surface area contributed by atoms with E-state index in [0.29, 0.717) is 12.1 Å². The number of carbonyl (C=O) groups is 1. The van der Waals surface area contributed by atoms with Gasteiger partial charge in [0.15, 0.2) is 5.82 Å². The summed E-state index contributed by atoms with van der Waals surface area (Å²) in [4.78, 5) is 24.9. The van der Waals surface area contributed by atoms with Crippen LogP contribution in [0.4, 0.5) is 26.3 Å². The number of nitrogens with zero attached hydrogens (tertiary/aromatic N) is 5. The first-order valence-corrected chi connectivity index (χ1v) is 9.72. The van der Waals surface area contributed by atoms with Gasteiger partial charge >= 0.3 is 12.4 Å². The van der Waals surface area contributed by atoms with E-state index in [2.05, 4.69) is 25.4 Å². The number of halogens is 6. The van der Waals surface area contributed by atoms with Crippen molar-refractivity contribution in [3.05, 3.63) is 65.5 Å². The maximum absolute atomic E-state index is 13.4. The third kappa shape index (κ3) is 4.81. The Labute approximate surface area is 182 Å². The number of aromatic nitrogens is 5. The molecule has 174 valence electrons. The highest BCUT2D eigenvalue weighted by Crippen LogP contribution is 2.56. The SMILES string of the molecule is CC(NC(=O)c1cc(C2CC2C(F)(F)F)cc(C(F)(F)F)c1)c1ncnn1-c1ncccn1. The van der Waals surface area contributed by atoms with E-state index in [0.717, 1.165) is 6.07 Å². The molecule has 2 aromatic heterocycles. The zero-order valence-corrected chi connectivity index (χ0v) is 16.9. The summed E-state index contributed by atoms with van der Waals surface area (Å²) in [5.41, 5.74) is -1.76. The average Bonchev–Trinajstić information content (AvgIpc) is 3.43. The van der Waals surface area contributed by atoms with E-state index in [4.69, 9.17) is 0 Å². The van der Waals surface area contributed by atoms with Crippen molar-refractivity contribution in [3.8, 4) is 5.95 Å². The standard InChI is InChI=1S/C20H16F6N6O/c1-10(16-29-9-30-32(16)18-27-3-2-4-28-18)31-17(33)12-5-11(6-13(7-12)19(21,22)23)14-8-15(14)20(24,25)26/h2-7,9-10,14-15H,8H2,1H3,(H,31,33). The van der Waals surface area contributed by atoms with Gasteiger partial charge in [-0.15, -0.1) is 0 Å². The van der Waals surface area contributed by atoms with Crippen LogP contribution in [0.2, 0.25) is 0 Å². The Bertz CT molecular complexity index is 1160. The number of amides is 1. The summed E-state index contributed by atoms with van der Waals surface area (Å²) in [5.74, 6) is -3.36. The van der Waals surface area contributed by atoms with Crippen molar-refractivity contribution in [2.75, 3.05) is 0 Å². The van der Waals surface area contributed by atoms with Gasteiger partial charge in [0.05, 0.1) is 17.5 Å². The zero-order valence-electron chi connectivity index (χ0n) is 16.9. The molecule has 1 saturated carbocycles. The summed E-state index contributed by atoms with van der Waals surface area (Å²) < 4.78 is 80.2. The molecule has 0 saturated heterocycles. The van der Waals surface area contributed by atoms with Crippen LogP contribution in [-0.2, 0) is 6.18 Å². The van der Waals surface area contributed by atoms with Crippen molar-refractivity contribution in [2.24, 2.45) is 5.92 Å². The molecular weight excluding hydrogens is 454 g/mol. The van der Waals surface area contributed by atoms with Crippen molar-refractivity contribution >= 4 is 5.91 Å². The van der Waals surface area contributed by atoms with Gasteiger partial charge in [0, 0.05) is 18.0 Å². The van der Waals surface area contributed by atoms with Crippen LogP contribution >= 0.6 is 0 Å². The number of alkyl halides is 6. The maximum Gasteiger partial charge on any atom is 0.416 e. The van der Waals surface area contributed by atoms with E-state index in [1.807, 2.05) is 0 Å². The number of hydrogen-bond acceptors (Lipinski definition) is 5. The molecule has 4 rings (SSSR count). The summed E-state index contributed by atoms with van der Waals surface area (Å²) in [6, 6.07) is 3.10. The van der Waals surface area contributed by atoms with Crippen molar-refractivity contribution < 1.29 is 31.1 Å². The average molecular weight is 470 g/mol. The summed E-state index contributed by atoms with van der Waals surface area (Å²) in [6.45, 7) is 1.52. The summed E-state index contributed by atoms with van der Waals surface area (Å²) in [7, 11) is 0. The Morgan fingerprint density at radius 2 is 1.79 bits per heavy atom. The maximum atomic E-state index is 13.4. The van der Waals surface area contributed by atoms with Gasteiger partial charge in [0.1, 0.15) is 6.33 Å². The van der Waals surface area contributed by atoms with Crippen LogP contribution in [-0.4, -0.2) is 36.8 Å². The summed E-state index contributed by atoms with van der Waals surface area (Å²) >= 11 is 0. The quantitative estimate of drug-likeness (QED) is 0.564. The molecule has 0 spiro atoms. The molecule has 7 nitrogen and oxygen atoms in total. The van der Waals surface area contributed by atoms with Crippen LogP contribution in [0.25, 0.3) is 5.95 Å². The minimum atomic E-state index is -4.83. The number of nitrogens with one attached hydrogen (secondary N) is 1. The van der Waals surface area contributed by atoms with Gasteiger partial charge in [-0.3, -0.25) is 4.79 Å². The fourth-order valence-electron chi connectivity index (χ4n) is 3.53. The lowest BCUT2D eigenvalue weighted by molar-refractivity contribution is -0.148. The molecule has 2 heterocycles. The van der Waals surface area contributed by atoms with Gasteiger partial charge < -0.3 is 5.32 Å². The highest BCUT2D eigenvalue weighted by molar-refractivity contribution is 5.95. The second kappa shape index (κ2) is 8.12. The van der Waals surface area contributed by atoms with E-state index in [-0.39, 0.29) is 23.8 Å². The van der Waals surface area contributed by atoms with Gasteiger partial charge in [-0.2, -0.15) is 36.1 Å². The largest absolute Gasteiger partial charge is 0.416 e. The van der Waals surface area contributed by atoms with Crippen molar-refractivity contribution in [1.29, 1.82) is 0 Å². The van der Waals surface area contributed by atoms with E-state index in [9.17, 15) is 31.1 Å². The van der Waals surface area contributed by atoms with Gasteiger partial charge in [-0.1, -0.05) is 0 Å². The van der Waals surface area contributed by atoms with E-state index in [1.165, 1.54) is 30.3 Å². The molecule has 1 aromatic carbocycles. The molecule has 13 heteroatoms. The molecular formula is C20H16F6N6O. The predicted molar refractivity (Wildman–Crippen MR) is 101 cm³/mol. The normalized spacial score (nSPS) is 19.2. The third-order valence-electron chi connectivity index (χ3n) is 5.23. The molecule has 0 aliphatic heterocycles. The Balaban J connectivity index is 1.60. The molecule has 3 aromatic rings. The van der Waals surface area contributed by atoms with Crippen molar-refractivity contribution in [1.82, 2.24) is 30.0 Å². The van der Waals surface area contributed by atoms with Gasteiger partial charge in [-0.05, 0) is 49.1 Å². The molecule has 0 bridgehead atoms. The van der Waals surface area contributed by atoms with Gasteiger partial charge in [-0.25, -0.2) is 15.0 Å². The van der Waals surface area contributed by atoms with Crippen LogP contribution in [0.1, 0.15) is 52.6 Å².